The first-order valence-corrected chi connectivity index (χ1v) is 8.00. The summed E-state index contributed by atoms with van der Waals surface area (Å²) in [5, 5.41) is 18.9. The maximum Gasteiger partial charge on any atom is 0.207 e. The normalized spacial score (nSPS) is 18.2. The summed E-state index contributed by atoms with van der Waals surface area (Å²) in [7, 11) is 0. The average Bonchev–Trinajstić information content (AvgIpc) is 2.99. The fourth-order valence-corrected chi connectivity index (χ4v) is 3.17. The van der Waals surface area contributed by atoms with Crippen LogP contribution in [-0.4, -0.2) is 27.6 Å². The van der Waals surface area contributed by atoms with Crippen LogP contribution in [-0.2, 0) is 0 Å². The van der Waals surface area contributed by atoms with Crippen LogP contribution in [0.25, 0.3) is 5.69 Å². The Balaban J connectivity index is 2.00. The van der Waals surface area contributed by atoms with Crippen LogP contribution in [0.4, 0.5) is 5.82 Å². The second kappa shape index (κ2) is 6.37. The van der Waals surface area contributed by atoms with E-state index >= 15 is 0 Å². The van der Waals surface area contributed by atoms with E-state index in [0.717, 1.165) is 31.5 Å². The number of anilines is 1. The Labute approximate surface area is 135 Å². The molecular formula is C16H18ClN5. The number of hydrogen-bond donors (Lipinski definition) is 0. The summed E-state index contributed by atoms with van der Waals surface area (Å²) in [6.07, 6.45) is 4.56. The molecule has 0 aliphatic carbocycles. The molecule has 0 N–H and O–H groups in total. The predicted molar refractivity (Wildman–Crippen MR) is 86.4 cm³/mol. The molecule has 1 aliphatic rings. The average molecular weight is 316 g/mol. The molecule has 2 heterocycles. The summed E-state index contributed by atoms with van der Waals surface area (Å²) < 4.78 is 0. The van der Waals surface area contributed by atoms with Gasteiger partial charge < -0.3 is 4.90 Å². The molecule has 5 nitrogen and oxygen atoms in total. The Bertz CT molecular complexity index is 703. The highest BCUT2D eigenvalue weighted by Gasteiger charge is 2.26. The van der Waals surface area contributed by atoms with Crippen LogP contribution < -0.4 is 4.90 Å². The molecule has 1 aromatic carbocycles. The molecule has 1 fully saturated rings. The second-order valence-electron chi connectivity index (χ2n) is 5.50. The first kappa shape index (κ1) is 14.9. The number of aromatic nitrogens is 3. The third-order valence-corrected chi connectivity index (χ3v) is 4.35. The Kier molecular flexibility index (Phi) is 4.30. The zero-order valence-corrected chi connectivity index (χ0v) is 13.3. The first-order chi connectivity index (χ1) is 10.7. The van der Waals surface area contributed by atoms with E-state index in [-0.39, 0.29) is 0 Å². The summed E-state index contributed by atoms with van der Waals surface area (Å²) in [5.41, 5.74) is 1.14. The van der Waals surface area contributed by atoms with E-state index in [9.17, 15) is 5.26 Å². The van der Waals surface area contributed by atoms with Gasteiger partial charge in [-0.1, -0.05) is 24.6 Å². The third-order valence-electron chi connectivity index (χ3n) is 4.11. The first-order valence-electron chi connectivity index (χ1n) is 7.63. The van der Waals surface area contributed by atoms with E-state index in [1.54, 1.807) is 12.1 Å². The van der Waals surface area contributed by atoms with Crippen LogP contribution >= 0.6 is 11.6 Å². The quantitative estimate of drug-likeness (QED) is 0.869. The van der Waals surface area contributed by atoms with E-state index in [1.165, 1.54) is 11.2 Å². The molecule has 0 amide bonds. The lowest BCUT2D eigenvalue weighted by atomic mass is 10.00. The Morgan fingerprint density at radius 1 is 1.36 bits per heavy atom. The van der Waals surface area contributed by atoms with Gasteiger partial charge in [0.25, 0.3) is 0 Å². The number of nitrogens with zero attached hydrogens (tertiary/aromatic N) is 5. The molecular weight excluding hydrogens is 298 g/mol. The Morgan fingerprint density at radius 3 is 2.95 bits per heavy atom. The minimum Gasteiger partial charge on any atom is -0.350 e. The van der Waals surface area contributed by atoms with Crippen molar-refractivity contribution in [3.8, 4) is 11.8 Å². The zero-order chi connectivity index (χ0) is 15.5. The molecule has 0 spiro atoms. The molecule has 114 valence electrons. The van der Waals surface area contributed by atoms with Crippen LogP contribution in [0.15, 0.2) is 24.3 Å². The van der Waals surface area contributed by atoms with Gasteiger partial charge in [0.15, 0.2) is 5.82 Å². The van der Waals surface area contributed by atoms with Crippen molar-refractivity contribution in [3.05, 3.63) is 35.0 Å². The number of benzene rings is 1. The van der Waals surface area contributed by atoms with Crippen molar-refractivity contribution in [2.24, 2.45) is 0 Å². The van der Waals surface area contributed by atoms with Gasteiger partial charge in [0, 0.05) is 17.6 Å². The molecule has 1 aliphatic heterocycles. The molecule has 0 saturated carbocycles. The molecule has 0 bridgehead atoms. The Hall–Kier alpha value is -2.06. The lowest BCUT2D eigenvalue weighted by Gasteiger charge is -2.35. The van der Waals surface area contributed by atoms with Crippen molar-refractivity contribution in [2.45, 2.75) is 38.6 Å². The molecule has 6 heteroatoms. The molecule has 22 heavy (non-hydrogen) atoms. The van der Waals surface area contributed by atoms with Gasteiger partial charge in [-0.3, -0.25) is 0 Å². The van der Waals surface area contributed by atoms with Crippen LogP contribution in [0, 0.1) is 11.3 Å². The van der Waals surface area contributed by atoms with E-state index in [4.69, 9.17) is 11.6 Å². The monoisotopic (exact) mass is 315 g/mol. The summed E-state index contributed by atoms with van der Waals surface area (Å²) in [6.45, 7) is 3.11. The summed E-state index contributed by atoms with van der Waals surface area (Å²) in [5.74, 6) is 0.689. The molecule has 2 aromatic rings. The van der Waals surface area contributed by atoms with Gasteiger partial charge in [-0.05, 0) is 43.9 Å². The van der Waals surface area contributed by atoms with Gasteiger partial charge in [0.2, 0.25) is 5.69 Å². The summed E-state index contributed by atoms with van der Waals surface area (Å²) >= 11 is 6.03. The molecule has 0 radical (unpaired) electrons. The van der Waals surface area contributed by atoms with E-state index in [1.807, 2.05) is 12.1 Å². The topological polar surface area (TPSA) is 57.7 Å². The van der Waals surface area contributed by atoms with Gasteiger partial charge in [0.05, 0.1) is 5.69 Å². The van der Waals surface area contributed by atoms with Gasteiger partial charge in [-0.25, -0.2) is 0 Å². The molecule has 1 aromatic heterocycles. The SMILES string of the molecule is CC[C@H]1CCCCN1c1nn(-c2cccc(Cl)c2)nc1C#N. The van der Waals surface area contributed by atoms with E-state index < -0.39 is 0 Å². The lowest BCUT2D eigenvalue weighted by molar-refractivity contribution is 0.446. The smallest absolute Gasteiger partial charge is 0.207 e. The van der Waals surface area contributed by atoms with Gasteiger partial charge in [-0.15, -0.1) is 15.0 Å². The fourth-order valence-electron chi connectivity index (χ4n) is 2.98. The Morgan fingerprint density at radius 2 is 2.23 bits per heavy atom. The number of nitriles is 1. The highest BCUT2D eigenvalue weighted by Crippen LogP contribution is 2.27. The van der Waals surface area contributed by atoms with Gasteiger partial charge >= 0.3 is 0 Å². The maximum atomic E-state index is 9.40. The minimum atomic E-state index is 0.375. The number of piperidine rings is 1. The van der Waals surface area contributed by atoms with Crippen molar-refractivity contribution in [3.63, 3.8) is 0 Å². The minimum absolute atomic E-state index is 0.375. The van der Waals surface area contributed by atoms with Crippen molar-refractivity contribution >= 4 is 17.4 Å². The second-order valence-corrected chi connectivity index (χ2v) is 5.94. The summed E-state index contributed by atoms with van der Waals surface area (Å²) in [6, 6.07) is 9.93. The van der Waals surface area contributed by atoms with Crippen LogP contribution in [0.1, 0.15) is 38.3 Å². The van der Waals surface area contributed by atoms with Crippen molar-refractivity contribution in [1.82, 2.24) is 15.0 Å². The largest absolute Gasteiger partial charge is 0.350 e. The van der Waals surface area contributed by atoms with E-state index in [0.29, 0.717) is 22.6 Å². The lowest BCUT2D eigenvalue weighted by Crippen LogP contribution is -2.39. The van der Waals surface area contributed by atoms with Crippen molar-refractivity contribution < 1.29 is 0 Å². The molecule has 0 unspecified atom stereocenters. The molecule has 1 atom stereocenters. The third kappa shape index (κ3) is 2.79. The van der Waals surface area contributed by atoms with Crippen molar-refractivity contribution in [1.29, 1.82) is 5.26 Å². The number of rotatable bonds is 3. The van der Waals surface area contributed by atoms with Gasteiger partial charge in [0.1, 0.15) is 6.07 Å². The molecule has 3 rings (SSSR count). The standard InChI is InChI=1S/C16H18ClN5/c1-2-13-7-3-4-9-21(13)16-15(11-18)19-22(20-16)14-8-5-6-12(17)10-14/h5-6,8,10,13H,2-4,7,9H2,1H3/t13-/m0/s1. The van der Waals surface area contributed by atoms with E-state index in [2.05, 4.69) is 28.1 Å². The predicted octanol–water partition coefficient (Wildman–Crippen LogP) is 3.56. The number of halogens is 1. The number of hydrogen-bond acceptors (Lipinski definition) is 4. The van der Waals surface area contributed by atoms with Crippen LogP contribution in [0.2, 0.25) is 5.02 Å². The highest BCUT2D eigenvalue weighted by molar-refractivity contribution is 6.30. The summed E-state index contributed by atoms with van der Waals surface area (Å²) in [4.78, 5) is 3.73. The zero-order valence-electron chi connectivity index (χ0n) is 12.5. The molecule has 1 saturated heterocycles. The van der Waals surface area contributed by atoms with Gasteiger partial charge in [-0.2, -0.15) is 5.26 Å². The van der Waals surface area contributed by atoms with Crippen LogP contribution in [0.5, 0.6) is 0 Å². The van der Waals surface area contributed by atoms with Crippen molar-refractivity contribution in [2.75, 3.05) is 11.4 Å². The highest BCUT2D eigenvalue weighted by atomic mass is 35.5. The fraction of sp³-hybridized carbons (Fsp3) is 0.438. The maximum absolute atomic E-state index is 9.40. The van der Waals surface area contributed by atoms with Crippen LogP contribution in [0.3, 0.4) is 0 Å².